The van der Waals surface area contributed by atoms with E-state index >= 15 is 0 Å². The molecule has 3 nitrogen and oxygen atoms in total. The summed E-state index contributed by atoms with van der Waals surface area (Å²) in [5.41, 5.74) is 8.38. The summed E-state index contributed by atoms with van der Waals surface area (Å²) in [6.45, 7) is 1.87. The monoisotopic (exact) mass is 244 g/mol. The van der Waals surface area contributed by atoms with E-state index in [0.29, 0.717) is 6.42 Å². The van der Waals surface area contributed by atoms with E-state index in [1.54, 1.807) is 0 Å². The average Bonchev–Trinajstić information content (AvgIpc) is 2.93. The number of amides is 1. The van der Waals surface area contributed by atoms with Crippen LogP contribution in [0.2, 0.25) is 0 Å². The Balaban J connectivity index is 1.64. The maximum atomic E-state index is 12.0. The van der Waals surface area contributed by atoms with Crippen molar-refractivity contribution in [3.8, 4) is 0 Å². The van der Waals surface area contributed by atoms with Crippen LogP contribution in [0.4, 0.5) is 0 Å². The predicted molar refractivity (Wildman–Crippen MR) is 71.1 cm³/mol. The van der Waals surface area contributed by atoms with Crippen LogP contribution >= 0.6 is 0 Å². The lowest BCUT2D eigenvalue weighted by Crippen LogP contribution is -2.29. The average molecular weight is 244 g/mol. The van der Waals surface area contributed by atoms with Crippen molar-refractivity contribution in [1.29, 1.82) is 0 Å². The lowest BCUT2D eigenvalue weighted by atomic mass is 10.0. The quantitative estimate of drug-likeness (QED) is 0.881. The van der Waals surface area contributed by atoms with Crippen LogP contribution in [0.3, 0.4) is 0 Å². The molecule has 18 heavy (non-hydrogen) atoms. The molecular weight excluding hydrogens is 224 g/mol. The van der Waals surface area contributed by atoms with Crippen LogP contribution in [0.25, 0.3) is 0 Å². The Labute approximate surface area is 108 Å². The molecule has 1 saturated carbocycles. The molecule has 1 saturated heterocycles. The Morgan fingerprint density at radius 1 is 1.17 bits per heavy atom. The van der Waals surface area contributed by atoms with Crippen molar-refractivity contribution >= 4 is 5.91 Å². The molecule has 2 N–H and O–H groups in total. The molecule has 3 heteroatoms. The second kappa shape index (κ2) is 4.39. The summed E-state index contributed by atoms with van der Waals surface area (Å²) >= 11 is 0. The van der Waals surface area contributed by atoms with Crippen molar-refractivity contribution in [2.24, 2.45) is 5.73 Å². The van der Waals surface area contributed by atoms with Crippen molar-refractivity contribution in [2.45, 2.75) is 37.6 Å². The molecular formula is C15H20N2O. The Kier molecular flexibility index (Phi) is 2.86. The van der Waals surface area contributed by atoms with Crippen molar-refractivity contribution < 1.29 is 4.79 Å². The van der Waals surface area contributed by atoms with E-state index in [1.165, 1.54) is 5.56 Å². The van der Waals surface area contributed by atoms with Crippen molar-refractivity contribution in [1.82, 2.24) is 4.90 Å². The second-order valence-corrected chi connectivity index (χ2v) is 5.62. The summed E-state index contributed by atoms with van der Waals surface area (Å²) in [7, 11) is 0. The van der Waals surface area contributed by atoms with Gasteiger partial charge in [0.25, 0.3) is 0 Å². The van der Waals surface area contributed by atoms with Crippen LogP contribution in [0.5, 0.6) is 0 Å². The first-order valence-corrected chi connectivity index (χ1v) is 6.83. The third-order valence-corrected chi connectivity index (χ3v) is 4.13. The van der Waals surface area contributed by atoms with Crippen LogP contribution in [0, 0.1) is 0 Å². The highest BCUT2D eigenvalue weighted by Crippen LogP contribution is 2.42. The molecule has 2 fully saturated rings. The van der Waals surface area contributed by atoms with E-state index in [-0.39, 0.29) is 11.4 Å². The van der Waals surface area contributed by atoms with Gasteiger partial charge in [0.1, 0.15) is 0 Å². The van der Waals surface area contributed by atoms with E-state index in [4.69, 9.17) is 5.73 Å². The zero-order valence-electron chi connectivity index (χ0n) is 10.7. The zero-order chi connectivity index (χ0) is 12.6. The largest absolute Gasteiger partial charge is 0.342 e. The Morgan fingerprint density at radius 3 is 2.33 bits per heavy atom. The lowest BCUT2D eigenvalue weighted by molar-refractivity contribution is -0.129. The predicted octanol–water partition coefficient (Wildman–Crippen LogP) is 1.80. The maximum Gasteiger partial charge on any atom is 0.226 e. The highest BCUT2D eigenvalue weighted by molar-refractivity contribution is 5.79. The highest BCUT2D eigenvalue weighted by atomic mass is 16.2. The molecule has 0 atom stereocenters. The van der Waals surface area contributed by atoms with Crippen LogP contribution in [-0.2, 0) is 16.8 Å². The van der Waals surface area contributed by atoms with Crippen LogP contribution in [-0.4, -0.2) is 23.9 Å². The van der Waals surface area contributed by atoms with Gasteiger partial charge in [0.2, 0.25) is 5.91 Å². The van der Waals surface area contributed by atoms with E-state index in [9.17, 15) is 4.79 Å². The molecule has 1 heterocycles. The third kappa shape index (κ3) is 2.27. The first-order valence-electron chi connectivity index (χ1n) is 6.83. The maximum absolute atomic E-state index is 12.0. The number of likely N-dealkylation sites (tertiary alicyclic amines) is 1. The molecule has 1 aromatic rings. The van der Waals surface area contributed by atoms with Gasteiger partial charge in [0.05, 0.1) is 6.42 Å². The standard InChI is InChI=1S/C15H20N2O/c16-15(7-8-15)13-5-3-12(4-6-13)11-14(18)17-9-1-2-10-17/h3-6H,1-2,7-11,16H2. The molecule has 1 amide bonds. The number of hydrogen-bond acceptors (Lipinski definition) is 2. The minimum Gasteiger partial charge on any atom is -0.342 e. The van der Waals surface area contributed by atoms with Gasteiger partial charge in [-0.3, -0.25) is 4.79 Å². The van der Waals surface area contributed by atoms with Crippen molar-refractivity contribution in [3.05, 3.63) is 35.4 Å². The fourth-order valence-corrected chi connectivity index (χ4v) is 2.63. The molecule has 1 aliphatic carbocycles. The van der Waals surface area contributed by atoms with Gasteiger partial charge in [-0.15, -0.1) is 0 Å². The Hall–Kier alpha value is -1.35. The summed E-state index contributed by atoms with van der Waals surface area (Å²) in [6.07, 6.45) is 5.00. The first-order chi connectivity index (χ1) is 8.67. The summed E-state index contributed by atoms with van der Waals surface area (Å²) in [5.74, 6) is 0.258. The van der Waals surface area contributed by atoms with Gasteiger partial charge in [-0.1, -0.05) is 24.3 Å². The number of hydrogen-bond donors (Lipinski definition) is 1. The van der Waals surface area contributed by atoms with Crippen LogP contribution < -0.4 is 5.73 Å². The summed E-state index contributed by atoms with van der Waals surface area (Å²) in [6, 6.07) is 8.27. The van der Waals surface area contributed by atoms with E-state index in [2.05, 4.69) is 24.3 Å². The number of carbonyl (C=O) groups excluding carboxylic acids is 1. The van der Waals surface area contributed by atoms with Crippen molar-refractivity contribution in [2.75, 3.05) is 13.1 Å². The van der Waals surface area contributed by atoms with Crippen LogP contribution in [0.15, 0.2) is 24.3 Å². The molecule has 0 aromatic heterocycles. The molecule has 0 radical (unpaired) electrons. The van der Waals surface area contributed by atoms with Crippen LogP contribution in [0.1, 0.15) is 36.8 Å². The zero-order valence-corrected chi connectivity index (χ0v) is 10.7. The van der Waals surface area contributed by atoms with Gasteiger partial charge in [-0.05, 0) is 36.8 Å². The molecule has 1 aliphatic heterocycles. The van der Waals surface area contributed by atoms with Gasteiger partial charge in [-0.2, -0.15) is 0 Å². The van der Waals surface area contributed by atoms with E-state index < -0.39 is 0 Å². The first kappa shape index (κ1) is 11.7. The third-order valence-electron chi connectivity index (χ3n) is 4.13. The topological polar surface area (TPSA) is 46.3 Å². The molecule has 3 rings (SSSR count). The summed E-state index contributed by atoms with van der Waals surface area (Å²) in [4.78, 5) is 14.0. The molecule has 0 bridgehead atoms. The molecule has 0 unspecified atom stereocenters. The van der Waals surface area contributed by atoms with Gasteiger partial charge in [0, 0.05) is 18.6 Å². The minimum absolute atomic E-state index is 0.0719. The van der Waals surface area contributed by atoms with Gasteiger partial charge in [0.15, 0.2) is 0 Å². The normalized spacial score (nSPS) is 21.1. The number of carbonyl (C=O) groups is 1. The molecule has 96 valence electrons. The SMILES string of the molecule is NC1(c2ccc(CC(=O)N3CCCC3)cc2)CC1. The van der Waals surface area contributed by atoms with Crippen molar-refractivity contribution in [3.63, 3.8) is 0 Å². The fraction of sp³-hybridized carbons (Fsp3) is 0.533. The van der Waals surface area contributed by atoms with Gasteiger partial charge < -0.3 is 10.6 Å². The van der Waals surface area contributed by atoms with E-state index in [1.807, 2.05) is 4.90 Å². The number of benzene rings is 1. The molecule has 0 spiro atoms. The highest BCUT2D eigenvalue weighted by Gasteiger charge is 2.39. The van der Waals surface area contributed by atoms with Gasteiger partial charge >= 0.3 is 0 Å². The minimum atomic E-state index is -0.0719. The number of rotatable bonds is 3. The summed E-state index contributed by atoms with van der Waals surface area (Å²) < 4.78 is 0. The Bertz CT molecular complexity index is 442. The molecule has 1 aromatic carbocycles. The number of nitrogens with two attached hydrogens (primary N) is 1. The molecule has 2 aliphatic rings. The smallest absolute Gasteiger partial charge is 0.226 e. The fourth-order valence-electron chi connectivity index (χ4n) is 2.63. The number of nitrogens with zero attached hydrogens (tertiary/aromatic N) is 1. The Morgan fingerprint density at radius 2 is 1.78 bits per heavy atom. The second-order valence-electron chi connectivity index (χ2n) is 5.62. The summed E-state index contributed by atoms with van der Waals surface area (Å²) in [5, 5.41) is 0. The van der Waals surface area contributed by atoms with Gasteiger partial charge in [-0.25, -0.2) is 0 Å². The van der Waals surface area contributed by atoms with E-state index in [0.717, 1.165) is 44.3 Å². The lowest BCUT2D eigenvalue weighted by Gasteiger charge is -2.15.